The molecule has 33 heavy (non-hydrogen) atoms. The van der Waals surface area contributed by atoms with E-state index in [9.17, 15) is 18.7 Å². The van der Waals surface area contributed by atoms with Gasteiger partial charge >= 0.3 is 0 Å². The summed E-state index contributed by atoms with van der Waals surface area (Å²) in [5, 5.41) is 16.3. The molecule has 1 saturated carbocycles. The first-order valence-corrected chi connectivity index (χ1v) is 11.1. The largest absolute Gasteiger partial charge is 0.389 e. The average Bonchev–Trinajstić information content (AvgIpc) is 3.29. The van der Waals surface area contributed by atoms with Gasteiger partial charge in [-0.2, -0.15) is 5.10 Å². The molecule has 2 aliphatic carbocycles. The summed E-state index contributed by atoms with van der Waals surface area (Å²) in [4.78, 5) is 11.8. The number of aliphatic hydroxyl groups is 1. The molecule has 5 nitrogen and oxygen atoms in total. The Bertz CT molecular complexity index is 1280. The summed E-state index contributed by atoms with van der Waals surface area (Å²) in [6, 6.07) is 10.5. The van der Waals surface area contributed by atoms with Crippen LogP contribution in [0.4, 0.5) is 8.78 Å². The van der Waals surface area contributed by atoms with Crippen LogP contribution in [0.2, 0.25) is 0 Å². The lowest BCUT2D eigenvalue weighted by molar-refractivity contribution is -0.0463. The lowest BCUT2D eigenvalue weighted by atomic mass is 9.65. The molecule has 170 valence electrons. The van der Waals surface area contributed by atoms with Crippen LogP contribution >= 0.6 is 0 Å². The van der Waals surface area contributed by atoms with E-state index in [0.717, 1.165) is 22.5 Å². The van der Waals surface area contributed by atoms with Gasteiger partial charge in [-0.05, 0) is 80.1 Å². The summed E-state index contributed by atoms with van der Waals surface area (Å²) < 4.78 is 29.6. The number of nitrogens with two attached hydrogens (primary N) is 1. The Kier molecular flexibility index (Phi) is 4.97. The lowest BCUT2D eigenvalue weighted by Crippen LogP contribution is -2.45. The number of carbonyl (C=O) groups is 1. The fourth-order valence-corrected chi connectivity index (χ4v) is 5.49. The number of hydrogen-bond acceptors (Lipinski definition) is 3. The Hall–Kier alpha value is -3.32. The zero-order valence-corrected chi connectivity index (χ0v) is 18.3. The monoisotopic (exact) mass is 449 g/mol. The molecule has 3 N–H and O–H groups in total. The minimum Gasteiger partial charge on any atom is -0.389 e. The smallest absolute Gasteiger partial charge is 0.249 e. The van der Waals surface area contributed by atoms with Crippen LogP contribution in [-0.4, -0.2) is 26.4 Å². The first-order chi connectivity index (χ1) is 15.7. The molecule has 0 bridgehead atoms. The molecule has 2 atom stereocenters. The standard InChI is InChI=1S/C26H25F2N3O2/c1-25-14-16-15-30-31(19-7-5-18(27)6-8-19)23(16)13-17(25)9-11-26(25,33)12-10-20-21(24(29)32)3-2-4-22(20)28/h2-8,13,15,33H,9-12,14H2,1H3,(H2,29,32)/t25-,26+/m0/s1. The molecular weight excluding hydrogens is 424 g/mol. The SMILES string of the molecule is C[C@]12Cc3cnn(-c4ccc(F)cc4)c3C=C1CC[C@@]2(O)CCc1c(F)cccc1C(N)=O. The lowest BCUT2D eigenvalue weighted by Gasteiger charge is -2.42. The van der Waals surface area contributed by atoms with E-state index >= 15 is 0 Å². The molecule has 0 aliphatic heterocycles. The molecule has 1 aromatic heterocycles. The molecule has 5 rings (SSSR count). The maximum Gasteiger partial charge on any atom is 0.249 e. The maximum absolute atomic E-state index is 14.5. The molecule has 1 amide bonds. The number of aromatic nitrogens is 2. The highest BCUT2D eigenvalue weighted by Crippen LogP contribution is 2.56. The van der Waals surface area contributed by atoms with Crippen molar-refractivity contribution in [2.45, 2.75) is 44.6 Å². The van der Waals surface area contributed by atoms with E-state index in [0.29, 0.717) is 25.7 Å². The number of rotatable bonds is 5. The quantitative estimate of drug-likeness (QED) is 0.608. The molecule has 0 unspecified atom stereocenters. The van der Waals surface area contributed by atoms with Crippen LogP contribution in [0.25, 0.3) is 11.8 Å². The number of carbonyl (C=O) groups excluding carboxylic acids is 1. The van der Waals surface area contributed by atoms with Crippen molar-refractivity contribution in [1.29, 1.82) is 0 Å². The third kappa shape index (κ3) is 3.38. The second-order valence-electron chi connectivity index (χ2n) is 9.28. The Balaban J connectivity index is 1.45. The van der Waals surface area contributed by atoms with E-state index < -0.39 is 22.7 Å². The summed E-state index contributed by atoms with van der Waals surface area (Å²) >= 11 is 0. The predicted molar refractivity (Wildman–Crippen MR) is 121 cm³/mol. The second-order valence-corrected chi connectivity index (χ2v) is 9.28. The van der Waals surface area contributed by atoms with Gasteiger partial charge in [0.15, 0.2) is 0 Å². The van der Waals surface area contributed by atoms with Gasteiger partial charge in [-0.1, -0.05) is 18.6 Å². The van der Waals surface area contributed by atoms with Gasteiger partial charge < -0.3 is 10.8 Å². The van der Waals surface area contributed by atoms with Crippen molar-refractivity contribution in [3.8, 4) is 5.69 Å². The predicted octanol–water partition coefficient (Wildman–Crippen LogP) is 4.35. The van der Waals surface area contributed by atoms with Gasteiger partial charge in [0.05, 0.1) is 23.2 Å². The molecule has 0 saturated heterocycles. The van der Waals surface area contributed by atoms with Crippen molar-refractivity contribution in [2.75, 3.05) is 0 Å². The van der Waals surface area contributed by atoms with Crippen LogP contribution in [0.3, 0.4) is 0 Å². The van der Waals surface area contributed by atoms with E-state index in [1.807, 2.05) is 6.92 Å². The van der Waals surface area contributed by atoms with Crippen LogP contribution in [0.5, 0.6) is 0 Å². The van der Waals surface area contributed by atoms with Crippen molar-refractivity contribution >= 4 is 12.0 Å². The fraction of sp³-hybridized carbons (Fsp3) is 0.308. The van der Waals surface area contributed by atoms with E-state index in [-0.39, 0.29) is 23.4 Å². The highest BCUT2D eigenvalue weighted by molar-refractivity contribution is 5.94. The van der Waals surface area contributed by atoms with Crippen LogP contribution in [0.1, 0.15) is 53.4 Å². The van der Waals surface area contributed by atoms with Crippen molar-refractivity contribution in [3.63, 3.8) is 0 Å². The summed E-state index contributed by atoms with van der Waals surface area (Å²) in [5.74, 6) is -1.47. The van der Waals surface area contributed by atoms with Gasteiger partial charge in [0.2, 0.25) is 5.91 Å². The summed E-state index contributed by atoms with van der Waals surface area (Å²) in [6.07, 6.45) is 6.23. The minimum atomic E-state index is -1.06. The Morgan fingerprint density at radius 1 is 1.21 bits per heavy atom. The first kappa shape index (κ1) is 21.5. The van der Waals surface area contributed by atoms with E-state index in [1.165, 1.54) is 30.3 Å². The molecule has 1 fully saturated rings. The average molecular weight is 450 g/mol. The summed E-state index contributed by atoms with van der Waals surface area (Å²) in [7, 11) is 0. The highest BCUT2D eigenvalue weighted by Gasteiger charge is 2.54. The second kappa shape index (κ2) is 7.63. The normalized spacial score (nSPS) is 23.7. The minimum absolute atomic E-state index is 0.157. The number of benzene rings is 2. The molecular formula is C26H25F2N3O2. The van der Waals surface area contributed by atoms with Gasteiger partial charge in [0.25, 0.3) is 0 Å². The van der Waals surface area contributed by atoms with Crippen molar-refractivity contribution < 1.29 is 18.7 Å². The van der Waals surface area contributed by atoms with Crippen LogP contribution < -0.4 is 5.73 Å². The zero-order chi connectivity index (χ0) is 23.4. The van der Waals surface area contributed by atoms with Gasteiger partial charge in [-0.3, -0.25) is 4.79 Å². The maximum atomic E-state index is 14.5. The van der Waals surface area contributed by atoms with Gasteiger partial charge in [-0.25, -0.2) is 13.5 Å². The molecule has 0 radical (unpaired) electrons. The van der Waals surface area contributed by atoms with Crippen molar-refractivity contribution in [1.82, 2.24) is 9.78 Å². The molecule has 2 aromatic carbocycles. The molecule has 7 heteroatoms. The topological polar surface area (TPSA) is 81.1 Å². The van der Waals surface area contributed by atoms with E-state index in [1.54, 1.807) is 23.0 Å². The van der Waals surface area contributed by atoms with Crippen molar-refractivity contribution in [2.24, 2.45) is 11.1 Å². The summed E-state index contributed by atoms with van der Waals surface area (Å²) in [6.45, 7) is 2.04. The van der Waals surface area contributed by atoms with Gasteiger partial charge in [0, 0.05) is 16.5 Å². The summed E-state index contributed by atoms with van der Waals surface area (Å²) in [5.41, 5.74) is 8.06. The number of fused-ring (bicyclic) bond motifs is 2. The van der Waals surface area contributed by atoms with Crippen LogP contribution in [-0.2, 0) is 12.8 Å². The zero-order valence-electron chi connectivity index (χ0n) is 18.3. The molecule has 3 aromatic rings. The Labute approximate surface area is 190 Å². The number of primary amides is 1. The number of halogens is 2. The highest BCUT2D eigenvalue weighted by atomic mass is 19.1. The molecule has 1 heterocycles. The fourth-order valence-electron chi connectivity index (χ4n) is 5.49. The molecule has 0 spiro atoms. The first-order valence-electron chi connectivity index (χ1n) is 11.1. The Morgan fingerprint density at radius 3 is 2.70 bits per heavy atom. The third-order valence-electron chi connectivity index (χ3n) is 7.53. The van der Waals surface area contributed by atoms with Crippen LogP contribution in [0.15, 0.2) is 54.2 Å². The Morgan fingerprint density at radius 2 is 1.97 bits per heavy atom. The van der Waals surface area contributed by atoms with Crippen LogP contribution in [0, 0.1) is 17.0 Å². The van der Waals surface area contributed by atoms with E-state index in [2.05, 4.69) is 11.2 Å². The van der Waals surface area contributed by atoms with E-state index in [4.69, 9.17) is 5.73 Å². The number of hydrogen-bond donors (Lipinski definition) is 2. The van der Waals surface area contributed by atoms with Gasteiger partial charge in [-0.15, -0.1) is 0 Å². The molecule has 2 aliphatic rings. The number of nitrogens with zero attached hydrogens (tertiary/aromatic N) is 2. The van der Waals surface area contributed by atoms with Gasteiger partial charge in [0.1, 0.15) is 11.6 Å². The van der Waals surface area contributed by atoms with Crippen molar-refractivity contribution in [3.05, 3.63) is 88.3 Å². The number of amides is 1. The third-order valence-corrected chi connectivity index (χ3v) is 7.53.